The summed E-state index contributed by atoms with van der Waals surface area (Å²) in [4.78, 5) is 48.3. The van der Waals surface area contributed by atoms with Gasteiger partial charge in [-0.2, -0.15) is 0 Å². The molecule has 3 N–H and O–H groups in total. The molecule has 3 rings (SSSR count). The third-order valence-corrected chi connectivity index (χ3v) is 5.92. The van der Waals surface area contributed by atoms with Crippen LogP contribution in [-0.4, -0.2) is 28.7 Å². The quantitative estimate of drug-likeness (QED) is 0.618. The van der Waals surface area contributed by atoms with E-state index in [0.29, 0.717) is 34.7 Å². The standard InChI is InChI=1S/C21H22N2O5S/c1-12(24)13-5-4-6-14(11-13)22-19(26)17-9-10-29-20(17)23-18(25)15-7-2-3-8-16(15)21(27)28/h4-6,9-11,15-16H,2-3,7-8H2,1H3,(H,22,26)(H,23,25)(H,27,28)/t15-,16+/m1/s1. The van der Waals surface area contributed by atoms with Gasteiger partial charge in [0.25, 0.3) is 5.91 Å². The van der Waals surface area contributed by atoms with Crippen molar-refractivity contribution in [2.45, 2.75) is 32.6 Å². The fourth-order valence-electron chi connectivity index (χ4n) is 3.54. The van der Waals surface area contributed by atoms with E-state index in [-0.39, 0.29) is 11.7 Å². The van der Waals surface area contributed by atoms with Gasteiger partial charge in [0.15, 0.2) is 5.78 Å². The number of Topliss-reactive ketones (excluding diaryl/α,β-unsaturated/α-hetero) is 1. The molecule has 1 saturated carbocycles. The van der Waals surface area contributed by atoms with Crippen LogP contribution >= 0.6 is 11.3 Å². The first kappa shape index (κ1) is 20.7. The molecular formula is C21H22N2O5S. The highest BCUT2D eigenvalue weighted by Gasteiger charge is 2.36. The second-order valence-electron chi connectivity index (χ2n) is 7.08. The van der Waals surface area contributed by atoms with E-state index in [1.165, 1.54) is 18.3 Å². The Hall–Kier alpha value is -3.00. The van der Waals surface area contributed by atoms with E-state index in [4.69, 9.17) is 0 Å². The topological polar surface area (TPSA) is 113 Å². The lowest BCUT2D eigenvalue weighted by Gasteiger charge is -2.27. The van der Waals surface area contributed by atoms with Gasteiger partial charge in [-0.3, -0.25) is 19.2 Å². The molecule has 2 aromatic rings. The molecule has 1 fully saturated rings. The lowest BCUT2D eigenvalue weighted by Crippen LogP contribution is -2.36. The molecule has 7 nitrogen and oxygen atoms in total. The van der Waals surface area contributed by atoms with Crippen molar-refractivity contribution in [3.63, 3.8) is 0 Å². The Morgan fingerprint density at radius 3 is 2.45 bits per heavy atom. The van der Waals surface area contributed by atoms with Gasteiger partial charge in [0.2, 0.25) is 5.91 Å². The summed E-state index contributed by atoms with van der Waals surface area (Å²) in [5.74, 6) is -3.15. The highest BCUT2D eigenvalue weighted by Crippen LogP contribution is 2.33. The van der Waals surface area contributed by atoms with Crippen LogP contribution in [0.3, 0.4) is 0 Å². The first-order chi connectivity index (χ1) is 13.9. The summed E-state index contributed by atoms with van der Waals surface area (Å²) in [6, 6.07) is 8.20. The highest BCUT2D eigenvalue weighted by molar-refractivity contribution is 7.14. The molecule has 1 aliphatic rings. The van der Waals surface area contributed by atoms with Crippen LogP contribution in [0.4, 0.5) is 10.7 Å². The van der Waals surface area contributed by atoms with Gasteiger partial charge < -0.3 is 15.7 Å². The number of nitrogens with one attached hydrogen (secondary N) is 2. The van der Waals surface area contributed by atoms with E-state index in [9.17, 15) is 24.3 Å². The lowest BCUT2D eigenvalue weighted by molar-refractivity contribution is -0.147. The summed E-state index contributed by atoms with van der Waals surface area (Å²) in [6.45, 7) is 1.45. The van der Waals surface area contributed by atoms with Crippen molar-refractivity contribution < 1.29 is 24.3 Å². The Kier molecular flexibility index (Phi) is 6.43. The molecule has 8 heteroatoms. The molecule has 0 radical (unpaired) electrons. The Bertz CT molecular complexity index is 952. The second kappa shape index (κ2) is 9.00. The van der Waals surface area contributed by atoms with Crippen molar-refractivity contribution in [3.05, 3.63) is 46.8 Å². The molecule has 1 heterocycles. The largest absolute Gasteiger partial charge is 0.481 e. The number of amides is 2. The Balaban J connectivity index is 1.72. The minimum absolute atomic E-state index is 0.106. The first-order valence-corrected chi connectivity index (χ1v) is 10.3. The van der Waals surface area contributed by atoms with Crippen LogP contribution in [0.5, 0.6) is 0 Å². The van der Waals surface area contributed by atoms with Crippen molar-refractivity contribution in [1.29, 1.82) is 0 Å². The molecule has 0 aliphatic heterocycles. The van der Waals surface area contributed by atoms with E-state index >= 15 is 0 Å². The molecule has 0 spiro atoms. The molecule has 152 valence electrons. The minimum Gasteiger partial charge on any atom is -0.481 e. The number of ketones is 1. The summed E-state index contributed by atoms with van der Waals surface area (Å²) in [5.41, 5.74) is 1.25. The lowest BCUT2D eigenvalue weighted by atomic mass is 9.79. The fraction of sp³-hybridized carbons (Fsp3) is 0.333. The van der Waals surface area contributed by atoms with Crippen LogP contribution in [-0.2, 0) is 9.59 Å². The number of carbonyl (C=O) groups is 4. The van der Waals surface area contributed by atoms with Crippen molar-refractivity contribution in [3.8, 4) is 0 Å². The average molecular weight is 414 g/mol. The number of anilines is 2. The zero-order valence-corrected chi connectivity index (χ0v) is 16.8. The van der Waals surface area contributed by atoms with E-state index in [0.717, 1.165) is 12.8 Å². The van der Waals surface area contributed by atoms with Crippen LogP contribution in [0.1, 0.15) is 53.3 Å². The maximum atomic E-state index is 12.7. The average Bonchev–Trinajstić information content (AvgIpc) is 3.16. The van der Waals surface area contributed by atoms with Gasteiger partial charge in [-0.1, -0.05) is 25.0 Å². The molecule has 29 heavy (non-hydrogen) atoms. The number of aliphatic carboxylic acids is 1. The zero-order valence-electron chi connectivity index (χ0n) is 15.9. The smallest absolute Gasteiger partial charge is 0.307 e. The summed E-state index contributed by atoms with van der Waals surface area (Å²) in [5, 5.41) is 16.9. The van der Waals surface area contributed by atoms with Gasteiger partial charge in [-0.05, 0) is 43.3 Å². The van der Waals surface area contributed by atoms with Crippen molar-refractivity contribution in [1.82, 2.24) is 0 Å². The van der Waals surface area contributed by atoms with Crippen LogP contribution in [0, 0.1) is 11.8 Å². The van der Waals surface area contributed by atoms with Gasteiger partial charge in [-0.15, -0.1) is 11.3 Å². The van der Waals surface area contributed by atoms with Crippen LogP contribution < -0.4 is 10.6 Å². The molecule has 0 bridgehead atoms. The molecule has 2 atom stereocenters. The van der Waals surface area contributed by atoms with Crippen LogP contribution in [0.2, 0.25) is 0 Å². The zero-order chi connectivity index (χ0) is 21.0. The monoisotopic (exact) mass is 414 g/mol. The van der Waals surface area contributed by atoms with Crippen molar-refractivity contribution in [2.75, 3.05) is 10.6 Å². The summed E-state index contributed by atoms with van der Waals surface area (Å²) in [6.07, 6.45) is 2.62. The van der Waals surface area contributed by atoms with Crippen molar-refractivity contribution in [2.24, 2.45) is 11.8 Å². The van der Waals surface area contributed by atoms with Gasteiger partial charge >= 0.3 is 5.97 Å². The predicted octanol–water partition coefficient (Wildman–Crippen LogP) is 4.03. The van der Waals surface area contributed by atoms with Gasteiger partial charge in [0, 0.05) is 11.3 Å². The Morgan fingerprint density at radius 2 is 1.76 bits per heavy atom. The van der Waals surface area contributed by atoms with E-state index in [2.05, 4.69) is 10.6 Å². The molecule has 0 unspecified atom stereocenters. The molecule has 2 amide bonds. The van der Waals surface area contributed by atoms with Gasteiger partial charge in [-0.25, -0.2) is 0 Å². The van der Waals surface area contributed by atoms with Crippen LogP contribution in [0.15, 0.2) is 35.7 Å². The minimum atomic E-state index is -0.959. The predicted molar refractivity (Wildman–Crippen MR) is 110 cm³/mol. The van der Waals surface area contributed by atoms with E-state index < -0.39 is 23.7 Å². The maximum Gasteiger partial charge on any atom is 0.307 e. The number of carboxylic acids is 1. The highest BCUT2D eigenvalue weighted by atomic mass is 32.1. The Morgan fingerprint density at radius 1 is 1.03 bits per heavy atom. The molecule has 1 aliphatic carbocycles. The fourth-order valence-corrected chi connectivity index (χ4v) is 4.33. The second-order valence-corrected chi connectivity index (χ2v) is 8.00. The van der Waals surface area contributed by atoms with Crippen molar-refractivity contribution >= 4 is 45.6 Å². The first-order valence-electron chi connectivity index (χ1n) is 9.40. The summed E-state index contributed by atoms with van der Waals surface area (Å²) >= 11 is 1.20. The SMILES string of the molecule is CC(=O)c1cccc(NC(=O)c2ccsc2NC(=O)[C@@H]2CCCC[C@@H]2C(=O)O)c1. The number of rotatable bonds is 6. The third kappa shape index (κ3) is 4.89. The molecule has 0 saturated heterocycles. The number of thiophene rings is 1. The third-order valence-electron chi connectivity index (χ3n) is 5.09. The number of hydrogen-bond acceptors (Lipinski definition) is 5. The number of carboxylic acid groups (broad SMARTS) is 1. The maximum absolute atomic E-state index is 12.7. The number of carbonyl (C=O) groups excluding carboxylic acids is 3. The summed E-state index contributed by atoms with van der Waals surface area (Å²) in [7, 11) is 0. The van der Waals surface area contributed by atoms with E-state index in [1.54, 1.807) is 35.7 Å². The van der Waals surface area contributed by atoms with Gasteiger partial charge in [0.05, 0.1) is 17.4 Å². The van der Waals surface area contributed by atoms with Crippen LogP contribution in [0.25, 0.3) is 0 Å². The number of hydrogen-bond donors (Lipinski definition) is 3. The Labute approximate surface area is 172 Å². The normalized spacial score (nSPS) is 18.7. The molecule has 1 aromatic carbocycles. The molecule has 1 aromatic heterocycles. The van der Waals surface area contributed by atoms with Gasteiger partial charge in [0.1, 0.15) is 5.00 Å². The molecular weight excluding hydrogens is 392 g/mol. The number of benzene rings is 1. The van der Waals surface area contributed by atoms with E-state index in [1.807, 2.05) is 0 Å². The summed E-state index contributed by atoms with van der Waals surface area (Å²) < 4.78 is 0.